The van der Waals surface area contributed by atoms with Gasteiger partial charge < -0.3 is 5.73 Å². The lowest BCUT2D eigenvalue weighted by Crippen LogP contribution is -2.38. The molecule has 112 valence electrons. The van der Waals surface area contributed by atoms with Crippen molar-refractivity contribution >= 4 is 15.7 Å². The van der Waals surface area contributed by atoms with Crippen molar-refractivity contribution in [1.82, 2.24) is 4.31 Å². The summed E-state index contributed by atoms with van der Waals surface area (Å²) in [6.45, 7) is 5.74. The maximum Gasteiger partial charge on any atom is 0.243 e. The minimum atomic E-state index is -3.63. The molecule has 20 heavy (non-hydrogen) atoms. The predicted molar refractivity (Wildman–Crippen MR) is 77.3 cm³/mol. The molecule has 1 fully saturated rings. The Morgan fingerprint density at radius 3 is 2.45 bits per heavy atom. The molecule has 2 N–H and O–H groups in total. The van der Waals surface area contributed by atoms with E-state index in [1.54, 1.807) is 0 Å². The topological polar surface area (TPSA) is 63.4 Å². The molecule has 0 heterocycles. The average molecular weight is 300 g/mol. The summed E-state index contributed by atoms with van der Waals surface area (Å²) in [7, 11) is -3.63. The molecule has 0 aliphatic heterocycles. The van der Waals surface area contributed by atoms with Crippen LogP contribution < -0.4 is 5.73 Å². The second kappa shape index (κ2) is 5.33. The molecule has 2 rings (SSSR count). The van der Waals surface area contributed by atoms with Gasteiger partial charge in [0.05, 0.1) is 10.6 Å². The molecule has 0 saturated heterocycles. The van der Waals surface area contributed by atoms with Crippen molar-refractivity contribution < 1.29 is 12.8 Å². The Labute approximate surface area is 119 Å². The number of aryl methyl sites for hydroxylation is 1. The largest absolute Gasteiger partial charge is 0.396 e. The number of hydrogen-bond donors (Lipinski definition) is 1. The molecule has 0 aromatic heterocycles. The van der Waals surface area contributed by atoms with Crippen molar-refractivity contribution in [1.29, 1.82) is 0 Å². The van der Waals surface area contributed by atoms with Crippen LogP contribution in [0.5, 0.6) is 0 Å². The third kappa shape index (κ3) is 2.96. The van der Waals surface area contributed by atoms with E-state index in [9.17, 15) is 12.8 Å². The lowest BCUT2D eigenvalue weighted by atomic mass is 10.2. The van der Waals surface area contributed by atoms with Crippen molar-refractivity contribution in [2.75, 3.05) is 12.3 Å². The van der Waals surface area contributed by atoms with Gasteiger partial charge in [0.25, 0.3) is 0 Å². The molecule has 1 aromatic carbocycles. The molecule has 6 heteroatoms. The molecule has 0 atom stereocenters. The molecular formula is C14H21FN2O2S. The highest BCUT2D eigenvalue weighted by atomic mass is 32.2. The summed E-state index contributed by atoms with van der Waals surface area (Å²) >= 11 is 0. The van der Waals surface area contributed by atoms with Gasteiger partial charge in [-0.2, -0.15) is 4.31 Å². The van der Waals surface area contributed by atoms with Crippen molar-refractivity contribution in [3.05, 3.63) is 23.5 Å². The highest BCUT2D eigenvalue weighted by Crippen LogP contribution is 2.33. The number of sulfonamides is 1. The van der Waals surface area contributed by atoms with Gasteiger partial charge in [-0.15, -0.1) is 0 Å². The van der Waals surface area contributed by atoms with Gasteiger partial charge in [-0.05, 0) is 57.2 Å². The van der Waals surface area contributed by atoms with E-state index in [-0.39, 0.29) is 22.2 Å². The SMILES string of the molecule is Cc1cc(S(=O)(=O)N(CC2CC2)C(C)C)cc(N)c1F. The third-order valence-electron chi connectivity index (χ3n) is 3.57. The van der Waals surface area contributed by atoms with E-state index in [0.717, 1.165) is 12.8 Å². The van der Waals surface area contributed by atoms with Gasteiger partial charge in [0.2, 0.25) is 10.0 Å². The Bertz CT molecular complexity index is 587. The summed E-state index contributed by atoms with van der Waals surface area (Å²) < 4.78 is 40.4. The quantitative estimate of drug-likeness (QED) is 0.850. The Hall–Kier alpha value is -1.14. The Morgan fingerprint density at radius 1 is 1.40 bits per heavy atom. The van der Waals surface area contributed by atoms with E-state index in [2.05, 4.69) is 0 Å². The third-order valence-corrected chi connectivity index (χ3v) is 5.59. The molecule has 0 bridgehead atoms. The minimum absolute atomic E-state index is 0.0725. The zero-order valence-electron chi connectivity index (χ0n) is 12.1. The van der Waals surface area contributed by atoms with E-state index in [1.807, 2.05) is 13.8 Å². The van der Waals surface area contributed by atoms with Gasteiger partial charge in [-0.1, -0.05) is 0 Å². The first-order valence-electron chi connectivity index (χ1n) is 6.81. The van der Waals surface area contributed by atoms with Crippen LogP contribution in [0.15, 0.2) is 17.0 Å². The Morgan fingerprint density at radius 2 is 2.00 bits per heavy atom. The summed E-state index contributed by atoms with van der Waals surface area (Å²) in [6.07, 6.45) is 2.15. The second-order valence-electron chi connectivity index (χ2n) is 5.76. The number of nitrogens with zero attached hydrogens (tertiary/aromatic N) is 1. The van der Waals surface area contributed by atoms with Crippen molar-refractivity contribution in [2.45, 2.75) is 44.6 Å². The molecular weight excluding hydrogens is 279 g/mol. The van der Waals surface area contributed by atoms with Gasteiger partial charge in [0.15, 0.2) is 0 Å². The van der Waals surface area contributed by atoms with E-state index in [0.29, 0.717) is 12.5 Å². The van der Waals surface area contributed by atoms with Crippen LogP contribution in [-0.4, -0.2) is 25.3 Å². The zero-order valence-corrected chi connectivity index (χ0v) is 12.9. The van der Waals surface area contributed by atoms with Crippen LogP contribution in [0.2, 0.25) is 0 Å². The van der Waals surface area contributed by atoms with Crippen LogP contribution >= 0.6 is 0 Å². The number of hydrogen-bond acceptors (Lipinski definition) is 3. The maximum atomic E-state index is 13.5. The second-order valence-corrected chi connectivity index (χ2v) is 7.65. The van der Waals surface area contributed by atoms with Gasteiger partial charge in [0.1, 0.15) is 5.82 Å². The van der Waals surface area contributed by atoms with Gasteiger partial charge in [-0.3, -0.25) is 0 Å². The van der Waals surface area contributed by atoms with E-state index in [4.69, 9.17) is 5.73 Å². The van der Waals surface area contributed by atoms with E-state index < -0.39 is 15.8 Å². The molecule has 4 nitrogen and oxygen atoms in total. The van der Waals surface area contributed by atoms with Crippen LogP contribution in [0, 0.1) is 18.7 Å². The fraction of sp³-hybridized carbons (Fsp3) is 0.571. The molecule has 0 amide bonds. The number of benzene rings is 1. The van der Waals surface area contributed by atoms with Crippen molar-refractivity contribution in [3.63, 3.8) is 0 Å². The van der Waals surface area contributed by atoms with Crippen LogP contribution in [0.25, 0.3) is 0 Å². The lowest BCUT2D eigenvalue weighted by molar-refractivity contribution is 0.341. The van der Waals surface area contributed by atoms with Gasteiger partial charge in [0, 0.05) is 12.6 Å². The van der Waals surface area contributed by atoms with Crippen LogP contribution in [0.4, 0.5) is 10.1 Å². The maximum absolute atomic E-state index is 13.5. The summed E-state index contributed by atoms with van der Waals surface area (Å²) in [5.41, 5.74) is 5.67. The number of anilines is 1. The van der Waals surface area contributed by atoms with Gasteiger partial charge in [-0.25, -0.2) is 12.8 Å². The standard InChI is InChI=1S/C14H21FN2O2S/c1-9(2)17(8-11-4-5-11)20(18,19)12-6-10(3)14(15)13(16)7-12/h6-7,9,11H,4-5,8,16H2,1-3H3. The monoisotopic (exact) mass is 300 g/mol. The Balaban J connectivity index is 2.41. The molecule has 1 aromatic rings. The van der Waals surface area contributed by atoms with Crippen molar-refractivity contribution in [3.8, 4) is 0 Å². The lowest BCUT2D eigenvalue weighted by Gasteiger charge is -2.26. The molecule has 1 aliphatic rings. The van der Waals surface area contributed by atoms with Crippen LogP contribution in [0.3, 0.4) is 0 Å². The van der Waals surface area contributed by atoms with Crippen LogP contribution in [-0.2, 0) is 10.0 Å². The number of nitrogen functional groups attached to an aromatic ring is 1. The van der Waals surface area contributed by atoms with Gasteiger partial charge >= 0.3 is 0 Å². The average Bonchev–Trinajstić information content (AvgIpc) is 3.15. The summed E-state index contributed by atoms with van der Waals surface area (Å²) in [5, 5.41) is 0. The predicted octanol–water partition coefficient (Wildman–Crippen LogP) is 2.53. The fourth-order valence-electron chi connectivity index (χ4n) is 2.19. The fourth-order valence-corrected chi connectivity index (χ4v) is 4.02. The molecule has 0 unspecified atom stereocenters. The van der Waals surface area contributed by atoms with E-state index >= 15 is 0 Å². The normalized spacial score (nSPS) is 16.1. The van der Waals surface area contributed by atoms with Crippen molar-refractivity contribution in [2.24, 2.45) is 5.92 Å². The minimum Gasteiger partial charge on any atom is -0.396 e. The number of halogens is 1. The summed E-state index contributed by atoms with van der Waals surface area (Å²) in [5.74, 6) is -0.103. The molecule has 0 spiro atoms. The first-order chi connectivity index (χ1) is 9.23. The smallest absolute Gasteiger partial charge is 0.243 e. The van der Waals surface area contributed by atoms with Crippen LogP contribution in [0.1, 0.15) is 32.3 Å². The summed E-state index contributed by atoms with van der Waals surface area (Å²) in [4.78, 5) is 0.0725. The first-order valence-corrected chi connectivity index (χ1v) is 8.25. The highest BCUT2D eigenvalue weighted by molar-refractivity contribution is 7.89. The molecule has 0 radical (unpaired) electrons. The number of rotatable bonds is 5. The molecule has 1 aliphatic carbocycles. The zero-order chi connectivity index (χ0) is 15.1. The number of nitrogens with two attached hydrogens (primary N) is 1. The summed E-state index contributed by atoms with van der Waals surface area (Å²) in [6, 6.07) is 2.43. The highest BCUT2D eigenvalue weighted by Gasteiger charge is 2.33. The molecule has 1 saturated carbocycles. The Kier molecular flexibility index (Phi) is 4.07. The first kappa shape index (κ1) is 15.3. The van der Waals surface area contributed by atoms with E-state index in [1.165, 1.54) is 23.4 Å².